The first-order valence-corrected chi connectivity index (χ1v) is 10.4. The zero-order chi connectivity index (χ0) is 23.3. The van der Waals surface area contributed by atoms with Gasteiger partial charge in [0.25, 0.3) is 11.8 Å². The van der Waals surface area contributed by atoms with E-state index in [1.54, 1.807) is 6.92 Å². The fourth-order valence-corrected chi connectivity index (χ4v) is 3.78. The molecular formula is C21H21FN4O5S. The third kappa shape index (κ3) is 5.30. The van der Waals surface area contributed by atoms with Crippen LogP contribution >= 0.6 is 11.3 Å². The van der Waals surface area contributed by atoms with Crippen molar-refractivity contribution < 1.29 is 28.2 Å². The van der Waals surface area contributed by atoms with Crippen LogP contribution < -0.4 is 15.8 Å². The van der Waals surface area contributed by atoms with Gasteiger partial charge in [-0.2, -0.15) is 5.10 Å². The van der Waals surface area contributed by atoms with E-state index < -0.39 is 17.8 Å². The SMILES string of the molecule is CCCOC(=O)c1c(NC(=O)c2ccn(COc3ccc(F)cc3)n2)sc(C(N)=O)c1C. The van der Waals surface area contributed by atoms with E-state index in [9.17, 15) is 18.8 Å². The molecule has 3 aromatic rings. The molecule has 0 aliphatic rings. The standard InChI is InChI=1S/C21H21FN4O5S/c1-3-10-30-21(29)16-12(2)17(18(23)27)32-20(16)24-19(28)15-8-9-26(25-15)11-31-14-6-4-13(22)5-7-14/h4-9H,3,10-11H2,1-2H3,(H2,23,27)(H,24,28). The van der Waals surface area contributed by atoms with Crippen LogP contribution in [-0.2, 0) is 11.5 Å². The zero-order valence-electron chi connectivity index (χ0n) is 17.4. The summed E-state index contributed by atoms with van der Waals surface area (Å²) in [4.78, 5) is 37.0. The summed E-state index contributed by atoms with van der Waals surface area (Å²) in [6, 6.07) is 6.95. The van der Waals surface area contributed by atoms with Crippen LogP contribution in [0.2, 0.25) is 0 Å². The van der Waals surface area contributed by atoms with Gasteiger partial charge in [0.15, 0.2) is 12.4 Å². The van der Waals surface area contributed by atoms with E-state index in [2.05, 4.69) is 10.4 Å². The molecule has 3 rings (SSSR count). The number of esters is 1. The Morgan fingerprint density at radius 3 is 2.59 bits per heavy atom. The Morgan fingerprint density at radius 1 is 1.22 bits per heavy atom. The summed E-state index contributed by atoms with van der Waals surface area (Å²) in [5.74, 6) is -1.89. The summed E-state index contributed by atoms with van der Waals surface area (Å²) in [5, 5.41) is 6.89. The summed E-state index contributed by atoms with van der Waals surface area (Å²) in [7, 11) is 0. The fourth-order valence-electron chi connectivity index (χ4n) is 2.74. The van der Waals surface area contributed by atoms with Crippen LogP contribution in [0, 0.1) is 12.7 Å². The molecule has 2 heterocycles. The van der Waals surface area contributed by atoms with Crippen molar-refractivity contribution >= 4 is 34.1 Å². The van der Waals surface area contributed by atoms with E-state index in [4.69, 9.17) is 15.2 Å². The first kappa shape index (κ1) is 22.9. The molecule has 0 bridgehead atoms. The van der Waals surface area contributed by atoms with Gasteiger partial charge in [0.2, 0.25) is 0 Å². The molecule has 0 aliphatic carbocycles. The number of benzene rings is 1. The molecule has 0 aliphatic heterocycles. The molecule has 0 radical (unpaired) electrons. The quantitative estimate of drug-likeness (QED) is 0.472. The van der Waals surface area contributed by atoms with Crippen molar-refractivity contribution in [1.82, 2.24) is 9.78 Å². The Kier molecular flexibility index (Phi) is 7.21. The summed E-state index contributed by atoms with van der Waals surface area (Å²) in [6.07, 6.45) is 2.15. The number of primary amides is 1. The predicted octanol–water partition coefficient (Wildman–Crippen LogP) is 3.35. The molecule has 168 valence electrons. The van der Waals surface area contributed by atoms with Gasteiger partial charge in [-0.3, -0.25) is 9.59 Å². The molecule has 9 nitrogen and oxygen atoms in total. The largest absolute Gasteiger partial charge is 0.471 e. The highest BCUT2D eigenvalue weighted by atomic mass is 32.1. The number of carbonyl (C=O) groups is 3. The Hall–Kier alpha value is -3.73. The highest BCUT2D eigenvalue weighted by Crippen LogP contribution is 2.33. The van der Waals surface area contributed by atoms with E-state index in [1.165, 1.54) is 41.2 Å². The Bertz CT molecular complexity index is 1140. The van der Waals surface area contributed by atoms with E-state index in [1.807, 2.05) is 6.92 Å². The molecule has 0 saturated carbocycles. The summed E-state index contributed by atoms with van der Waals surface area (Å²) >= 11 is 0.897. The maximum atomic E-state index is 13.0. The highest BCUT2D eigenvalue weighted by Gasteiger charge is 2.26. The van der Waals surface area contributed by atoms with Crippen molar-refractivity contribution in [3.05, 3.63) is 64.0 Å². The summed E-state index contributed by atoms with van der Waals surface area (Å²) in [6.45, 7) is 3.61. The third-order valence-electron chi connectivity index (χ3n) is 4.29. The van der Waals surface area contributed by atoms with Gasteiger partial charge in [0.05, 0.1) is 17.0 Å². The van der Waals surface area contributed by atoms with E-state index in [0.29, 0.717) is 17.7 Å². The lowest BCUT2D eigenvalue weighted by atomic mass is 10.1. The van der Waals surface area contributed by atoms with Crippen molar-refractivity contribution in [2.24, 2.45) is 5.73 Å². The average molecular weight is 460 g/mol. The Balaban J connectivity index is 1.74. The van der Waals surface area contributed by atoms with Gasteiger partial charge in [0, 0.05) is 6.20 Å². The fraction of sp³-hybridized carbons (Fsp3) is 0.238. The van der Waals surface area contributed by atoms with Crippen LogP contribution in [0.5, 0.6) is 5.75 Å². The van der Waals surface area contributed by atoms with Crippen LogP contribution in [0.1, 0.15) is 49.4 Å². The van der Waals surface area contributed by atoms with Crippen molar-refractivity contribution in [3.63, 3.8) is 0 Å². The zero-order valence-corrected chi connectivity index (χ0v) is 18.2. The van der Waals surface area contributed by atoms with Gasteiger partial charge < -0.3 is 20.5 Å². The molecule has 0 spiro atoms. The number of nitrogens with zero attached hydrogens (tertiary/aromatic N) is 2. The van der Waals surface area contributed by atoms with Gasteiger partial charge >= 0.3 is 5.97 Å². The van der Waals surface area contributed by atoms with Gasteiger partial charge in [-0.05, 0) is 49.2 Å². The van der Waals surface area contributed by atoms with Gasteiger partial charge in [0.1, 0.15) is 16.6 Å². The number of carbonyl (C=O) groups excluding carboxylic acids is 3. The number of rotatable bonds is 9. The van der Waals surface area contributed by atoms with E-state index >= 15 is 0 Å². The number of halogens is 1. The molecule has 11 heteroatoms. The van der Waals surface area contributed by atoms with Gasteiger partial charge in [-0.15, -0.1) is 11.3 Å². The monoisotopic (exact) mass is 460 g/mol. The van der Waals surface area contributed by atoms with Crippen molar-refractivity contribution in [2.45, 2.75) is 27.0 Å². The number of hydrogen-bond acceptors (Lipinski definition) is 7. The van der Waals surface area contributed by atoms with Gasteiger partial charge in [-0.25, -0.2) is 13.9 Å². The molecule has 2 aromatic heterocycles. The lowest BCUT2D eigenvalue weighted by Gasteiger charge is -2.07. The van der Waals surface area contributed by atoms with Crippen LogP contribution in [0.25, 0.3) is 0 Å². The number of hydrogen-bond donors (Lipinski definition) is 2. The van der Waals surface area contributed by atoms with Crippen LogP contribution in [0.15, 0.2) is 36.5 Å². The minimum absolute atomic E-state index is 0.00254. The maximum absolute atomic E-state index is 13.0. The molecule has 2 amide bonds. The maximum Gasteiger partial charge on any atom is 0.341 e. The second-order valence-corrected chi connectivity index (χ2v) is 7.70. The molecule has 0 atom stereocenters. The number of amides is 2. The molecule has 3 N–H and O–H groups in total. The number of thiophene rings is 1. The second-order valence-electron chi connectivity index (χ2n) is 6.68. The molecule has 1 aromatic carbocycles. The van der Waals surface area contributed by atoms with Crippen molar-refractivity contribution in [3.8, 4) is 5.75 Å². The van der Waals surface area contributed by atoms with Gasteiger partial charge in [-0.1, -0.05) is 6.92 Å². The van der Waals surface area contributed by atoms with Crippen molar-refractivity contribution in [1.29, 1.82) is 0 Å². The van der Waals surface area contributed by atoms with Crippen LogP contribution in [0.4, 0.5) is 9.39 Å². The predicted molar refractivity (Wildman–Crippen MR) is 115 cm³/mol. The second kappa shape index (κ2) is 10.1. The number of ether oxygens (including phenoxy) is 2. The number of nitrogens with two attached hydrogens (primary N) is 1. The summed E-state index contributed by atoms with van der Waals surface area (Å²) in [5.41, 5.74) is 5.88. The minimum atomic E-state index is -0.709. The molecule has 0 unspecified atom stereocenters. The van der Waals surface area contributed by atoms with Crippen LogP contribution in [-0.4, -0.2) is 34.2 Å². The first-order chi connectivity index (χ1) is 15.3. The average Bonchev–Trinajstić information content (AvgIpc) is 3.36. The lowest BCUT2D eigenvalue weighted by Crippen LogP contribution is -2.16. The summed E-state index contributed by atoms with van der Waals surface area (Å²) < 4.78 is 25.0. The van der Waals surface area contributed by atoms with E-state index in [0.717, 1.165) is 11.3 Å². The normalized spacial score (nSPS) is 10.6. The Labute approximate surface area is 186 Å². The Morgan fingerprint density at radius 2 is 1.94 bits per heavy atom. The molecular weight excluding hydrogens is 439 g/mol. The highest BCUT2D eigenvalue weighted by molar-refractivity contribution is 7.18. The van der Waals surface area contributed by atoms with Crippen LogP contribution in [0.3, 0.4) is 0 Å². The number of nitrogens with one attached hydrogen (secondary N) is 1. The van der Waals surface area contributed by atoms with Crippen molar-refractivity contribution in [2.75, 3.05) is 11.9 Å². The smallest absolute Gasteiger partial charge is 0.341 e. The topological polar surface area (TPSA) is 126 Å². The number of aromatic nitrogens is 2. The van der Waals surface area contributed by atoms with E-state index in [-0.39, 0.29) is 40.3 Å². The molecule has 0 saturated heterocycles. The lowest BCUT2D eigenvalue weighted by molar-refractivity contribution is 0.0506. The molecule has 0 fully saturated rings. The third-order valence-corrected chi connectivity index (χ3v) is 5.51. The molecule has 32 heavy (non-hydrogen) atoms. The number of anilines is 1. The minimum Gasteiger partial charge on any atom is -0.471 e. The first-order valence-electron chi connectivity index (χ1n) is 9.63.